The molecule has 1 fully saturated rings. The summed E-state index contributed by atoms with van der Waals surface area (Å²) in [5.41, 5.74) is 1.93. The molecule has 0 spiro atoms. The van der Waals surface area contributed by atoms with Crippen molar-refractivity contribution in [3.8, 4) is 0 Å². The quantitative estimate of drug-likeness (QED) is 0.768. The van der Waals surface area contributed by atoms with E-state index in [0.29, 0.717) is 22.9 Å². The maximum absolute atomic E-state index is 12.3. The van der Waals surface area contributed by atoms with Gasteiger partial charge < -0.3 is 16.0 Å². The highest BCUT2D eigenvalue weighted by molar-refractivity contribution is 6.04. The second-order valence-electron chi connectivity index (χ2n) is 6.10. The van der Waals surface area contributed by atoms with Gasteiger partial charge in [-0.25, -0.2) is 0 Å². The molecule has 3 N–H and O–H groups in total. The first kappa shape index (κ1) is 19.0. The molecule has 5 nitrogen and oxygen atoms in total. The van der Waals surface area contributed by atoms with Crippen LogP contribution in [0, 0.1) is 11.8 Å². The van der Waals surface area contributed by atoms with Crippen molar-refractivity contribution in [1.82, 2.24) is 5.32 Å². The highest BCUT2D eigenvalue weighted by Crippen LogP contribution is 2.20. The fourth-order valence-electron chi connectivity index (χ4n) is 2.60. The Balaban J connectivity index is 0.00000225. The number of nitrogens with one attached hydrogen (secondary N) is 3. The Bertz CT molecular complexity index is 732. The number of hydrogen-bond donors (Lipinski definition) is 3. The lowest BCUT2D eigenvalue weighted by molar-refractivity contribution is -0.121. The van der Waals surface area contributed by atoms with Gasteiger partial charge in [0.1, 0.15) is 0 Å². The molecule has 1 aliphatic heterocycles. The summed E-state index contributed by atoms with van der Waals surface area (Å²) in [4.78, 5) is 24.5. The highest BCUT2D eigenvalue weighted by atomic mass is 35.5. The average molecular weight is 360 g/mol. The second-order valence-corrected chi connectivity index (χ2v) is 6.10. The van der Waals surface area contributed by atoms with Crippen molar-refractivity contribution >= 4 is 35.6 Å². The van der Waals surface area contributed by atoms with Crippen molar-refractivity contribution in [2.24, 2.45) is 11.8 Å². The molecular weight excluding hydrogens is 338 g/mol. The summed E-state index contributed by atoms with van der Waals surface area (Å²) in [7, 11) is 0. The monoisotopic (exact) mass is 359 g/mol. The minimum Gasteiger partial charge on any atom is -0.326 e. The SMILES string of the molecule is CC(C(=O)Nc1cccc(NC(=O)c2ccccc2)c1)C1CNC1.Cl. The molecular formula is C19H22ClN3O2. The van der Waals surface area contributed by atoms with E-state index < -0.39 is 0 Å². The van der Waals surface area contributed by atoms with E-state index in [0.717, 1.165) is 13.1 Å². The first-order valence-electron chi connectivity index (χ1n) is 8.11. The minimum atomic E-state index is -0.173. The molecule has 1 heterocycles. The summed E-state index contributed by atoms with van der Waals surface area (Å²) >= 11 is 0. The van der Waals surface area contributed by atoms with E-state index >= 15 is 0 Å². The lowest BCUT2D eigenvalue weighted by Gasteiger charge is -2.31. The zero-order valence-electron chi connectivity index (χ0n) is 14.0. The van der Waals surface area contributed by atoms with Gasteiger partial charge in [-0.05, 0) is 49.3 Å². The predicted molar refractivity (Wildman–Crippen MR) is 102 cm³/mol. The van der Waals surface area contributed by atoms with Crippen LogP contribution in [0.3, 0.4) is 0 Å². The van der Waals surface area contributed by atoms with Crippen molar-refractivity contribution in [2.45, 2.75) is 6.92 Å². The Morgan fingerprint density at radius 1 is 1.00 bits per heavy atom. The average Bonchev–Trinajstić information content (AvgIpc) is 2.54. The van der Waals surface area contributed by atoms with E-state index in [-0.39, 0.29) is 30.1 Å². The van der Waals surface area contributed by atoms with Gasteiger partial charge in [0.05, 0.1) is 0 Å². The van der Waals surface area contributed by atoms with Gasteiger partial charge in [0.15, 0.2) is 0 Å². The molecule has 1 atom stereocenters. The summed E-state index contributed by atoms with van der Waals surface area (Å²) in [6.45, 7) is 3.73. The normalized spacial score (nSPS) is 14.6. The smallest absolute Gasteiger partial charge is 0.255 e. The van der Waals surface area contributed by atoms with Crippen LogP contribution in [0.1, 0.15) is 17.3 Å². The Hall–Kier alpha value is -2.37. The van der Waals surface area contributed by atoms with Crippen LogP contribution in [-0.2, 0) is 4.79 Å². The molecule has 0 aliphatic carbocycles. The van der Waals surface area contributed by atoms with Gasteiger partial charge >= 0.3 is 0 Å². The summed E-state index contributed by atoms with van der Waals surface area (Å²) in [5, 5.41) is 8.95. The first-order chi connectivity index (χ1) is 11.6. The van der Waals surface area contributed by atoms with Crippen molar-refractivity contribution in [1.29, 1.82) is 0 Å². The Kier molecular flexibility index (Phi) is 6.56. The lowest BCUT2D eigenvalue weighted by Crippen LogP contribution is -2.48. The van der Waals surface area contributed by atoms with Gasteiger partial charge in [0, 0.05) is 22.9 Å². The number of anilines is 2. The number of hydrogen-bond acceptors (Lipinski definition) is 3. The molecule has 0 radical (unpaired) electrons. The zero-order chi connectivity index (χ0) is 16.9. The van der Waals surface area contributed by atoms with Crippen molar-refractivity contribution in [3.63, 3.8) is 0 Å². The fraction of sp³-hybridized carbons (Fsp3) is 0.263. The minimum absolute atomic E-state index is 0. The third kappa shape index (κ3) is 4.81. The largest absolute Gasteiger partial charge is 0.326 e. The number of carbonyl (C=O) groups excluding carboxylic acids is 2. The topological polar surface area (TPSA) is 70.2 Å². The zero-order valence-corrected chi connectivity index (χ0v) is 14.8. The van der Waals surface area contributed by atoms with Gasteiger partial charge in [-0.3, -0.25) is 9.59 Å². The van der Waals surface area contributed by atoms with Crippen LogP contribution in [0.25, 0.3) is 0 Å². The molecule has 2 amide bonds. The molecule has 2 aromatic carbocycles. The molecule has 25 heavy (non-hydrogen) atoms. The maximum Gasteiger partial charge on any atom is 0.255 e. The van der Waals surface area contributed by atoms with Crippen molar-refractivity contribution in [3.05, 3.63) is 60.2 Å². The van der Waals surface area contributed by atoms with Gasteiger partial charge in [-0.1, -0.05) is 31.2 Å². The van der Waals surface area contributed by atoms with Crippen LogP contribution in [0.4, 0.5) is 11.4 Å². The van der Waals surface area contributed by atoms with E-state index in [1.165, 1.54) is 0 Å². The highest BCUT2D eigenvalue weighted by Gasteiger charge is 2.28. The van der Waals surface area contributed by atoms with E-state index in [9.17, 15) is 9.59 Å². The van der Waals surface area contributed by atoms with Gasteiger partial charge in [-0.15, -0.1) is 12.4 Å². The summed E-state index contributed by atoms with van der Waals surface area (Å²) in [6.07, 6.45) is 0. The molecule has 0 saturated carbocycles. The molecule has 6 heteroatoms. The lowest BCUT2D eigenvalue weighted by atomic mass is 9.88. The number of carbonyl (C=O) groups is 2. The van der Waals surface area contributed by atoms with E-state index in [2.05, 4.69) is 16.0 Å². The first-order valence-corrected chi connectivity index (χ1v) is 8.11. The number of rotatable bonds is 5. The molecule has 2 aromatic rings. The number of benzene rings is 2. The Labute approximate surface area is 153 Å². The fourth-order valence-corrected chi connectivity index (χ4v) is 2.60. The van der Waals surface area contributed by atoms with Gasteiger partial charge in [0.2, 0.25) is 5.91 Å². The van der Waals surface area contributed by atoms with Crippen LogP contribution in [0.15, 0.2) is 54.6 Å². The second kappa shape index (κ2) is 8.65. The van der Waals surface area contributed by atoms with E-state index in [1.807, 2.05) is 37.3 Å². The van der Waals surface area contributed by atoms with Gasteiger partial charge in [0.25, 0.3) is 5.91 Å². The van der Waals surface area contributed by atoms with E-state index in [1.54, 1.807) is 24.3 Å². The Morgan fingerprint density at radius 3 is 2.24 bits per heavy atom. The predicted octanol–water partition coefficient (Wildman–Crippen LogP) is 3.15. The number of amides is 2. The maximum atomic E-state index is 12.3. The standard InChI is InChI=1S/C19H21N3O2.ClH/c1-13(15-11-20-12-15)18(23)21-16-8-5-9-17(10-16)22-19(24)14-6-3-2-4-7-14;/h2-10,13,15,20H,11-12H2,1H3,(H,21,23)(H,22,24);1H. The van der Waals surface area contributed by atoms with Crippen LogP contribution in [0.5, 0.6) is 0 Å². The van der Waals surface area contributed by atoms with E-state index in [4.69, 9.17) is 0 Å². The summed E-state index contributed by atoms with van der Waals surface area (Å²) in [5.74, 6) is 0.195. The molecule has 0 aromatic heterocycles. The molecule has 1 aliphatic rings. The molecule has 3 rings (SSSR count). The molecule has 0 bridgehead atoms. The third-order valence-electron chi connectivity index (χ3n) is 4.36. The van der Waals surface area contributed by atoms with Crippen LogP contribution < -0.4 is 16.0 Å². The van der Waals surface area contributed by atoms with Crippen molar-refractivity contribution in [2.75, 3.05) is 23.7 Å². The van der Waals surface area contributed by atoms with Crippen molar-refractivity contribution < 1.29 is 9.59 Å². The third-order valence-corrected chi connectivity index (χ3v) is 4.36. The molecule has 1 unspecified atom stereocenters. The van der Waals surface area contributed by atoms with Crippen LogP contribution in [0.2, 0.25) is 0 Å². The van der Waals surface area contributed by atoms with Crippen LogP contribution in [-0.4, -0.2) is 24.9 Å². The van der Waals surface area contributed by atoms with Crippen LogP contribution >= 0.6 is 12.4 Å². The summed E-state index contributed by atoms with van der Waals surface area (Å²) in [6, 6.07) is 16.2. The number of halogens is 1. The summed E-state index contributed by atoms with van der Waals surface area (Å²) < 4.78 is 0. The van der Waals surface area contributed by atoms with Gasteiger partial charge in [-0.2, -0.15) is 0 Å². The molecule has 132 valence electrons. The molecule has 1 saturated heterocycles. The Morgan fingerprint density at radius 2 is 1.64 bits per heavy atom.